The molecule has 2 N–H and O–H groups in total. The molecule has 0 spiro atoms. The summed E-state index contributed by atoms with van der Waals surface area (Å²) in [5.41, 5.74) is 8.61. The van der Waals surface area contributed by atoms with Gasteiger partial charge in [0.25, 0.3) is 0 Å². The third-order valence-electron chi connectivity index (χ3n) is 3.24. The van der Waals surface area contributed by atoms with Crippen LogP contribution in [0.5, 0.6) is 0 Å². The first-order valence-corrected chi connectivity index (χ1v) is 8.54. The van der Waals surface area contributed by atoms with E-state index in [4.69, 9.17) is 5.73 Å². The molecule has 0 bridgehead atoms. The number of thiazole rings is 1. The molecular weight excluding hydrogens is 284 g/mol. The summed E-state index contributed by atoms with van der Waals surface area (Å²) in [4.78, 5) is 5.91. The van der Waals surface area contributed by atoms with Crippen molar-refractivity contribution in [2.75, 3.05) is 6.26 Å². The maximum absolute atomic E-state index is 6.30. The van der Waals surface area contributed by atoms with Gasteiger partial charge in [0.05, 0.1) is 16.3 Å². The van der Waals surface area contributed by atoms with Crippen molar-refractivity contribution in [3.05, 3.63) is 59.1 Å². The maximum Gasteiger partial charge on any atom is 0.111 e. The minimum Gasteiger partial charge on any atom is -0.322 e. The summed E-state index contributed by atoms with van der Waals surface area (Å²) in [6.07, 6.45) is 2.91. The van der Waals surface area contributed by atoms with E-state index in [-0.39, 0.29) is 6.04 Å². The first-order chi connectivity index (χ1) is 9.76. The minimum absolute atomic E-state index is 0.0347. The second-order valence-electron chi connectivity index (χ2n) is 4.68. The fraction of sp³-hybridized carbons (Fsp3) is 0.188. The van der Waals surface area contributed by atoms with E-state index in [1.54, 1.807) is 23.1 Å². The van der Waals surface area contributed by atoms with E-state index >= 15 is 0 Å². The molecule has 1 aromatic heterocycles. The first-order valence-electron chi connectivity index (χ1n) is 6.50. The van der Waals surface area contributed by atoms with Crippen LogP contribution in [-0.2, 0) is 6.42 Å². The number of para-hydroxylation sites is 1. The van der Waals surface area contributed by atoms with Gasteiger partial charge < -0.3 is 5.73 Å². The van der Waals surface area contributed by atoms with Crippen LogP contribution < -0.4 is 5.73 Å². The molecule has 4 heteroatoms. The zero-order valence-corrected chi connectivity index (χ0v) is 12.9. The van der Waals surface area contributed by atoms with Crippen LogP contribution in [0.15, 0.2) is 53.4 Å². The van der Waals surface area contributed by atoms with E-state index in [0.717, 1.165) is 16.9 Å². The van der Waals surface area contributed by atoms with Crippen molar-refractivity contribution in [2.24, 2.45) is 5.73 Å². The van der Waals surface area contributed by atoms with Crippen LogP contribution in [0.1, 0.15) is 16.6 Å². The average Bonchev–Trinajstić information content (AvgIpc) is 2.92. The van der Waals surface area contributed by atoms with Crippen LogP contribution in [0.3, 0.4) is 0 Å². The molecule has 0 aliphatic rings. The van der Waals surface area contributed by atoms with Gasteiger partial charge in [-0.05, 0) is 42.5 Å². The van der Waals surface area contributed by atoms with Crippen molar-refractivity contribution in [1.82, 2.24) is 4.98 Å². The Kier molecular flexibility index (Phi) is 4.05. The molecule has 0 aliphatic heterocycles. The number of thioether (sulfide) groups is 1. The van der Waals surface area contributed by atoms with E-state index in [2.05, 4.69) is 41.6 Å². The van der Waals surface area contributed by atoms with Crippen molar-refractivity contribution < 1.29 is 0 Å². The van der Waals surface area contributed by atoms with E-state index < -0.39 is 0 Å². The smallest absolute Gasteiger partial charge is 0.111 e. The van der Waals surface area contributed by atoms with Crippen LogP contribution in [0.4, 0.5) is 0 Å². The van der Waals surface area contributed by atoms with Gasteiger partial charge in [-0.1, -0.05) is 24.3 Å². The van der Waals surface area contributed by atoms with Gasteiger partial charge in [-0.3, -0.25) is 0 Å². The lowest BCUT2D eigenvalue weighted by Crippen LogP contribution is -2.12. The summed E-state index contributed by atoms with van der Waals surface area (Å²) in [6, 6.07) is 16.7. The highest BCUT2D eigenvalue weighted by atomic mass is 32.2. The highest BCUT2D eigenvalue weighted by Crippen LogP contribution is 2.27. The third kappa shape index (κ3) is 2.87. The molecule has 0 fully saturated rings. The Balaban J connectivity index is 1.79. The molecule has 1 unspecified atom stereocenters. The van der Waals surface area contributed by atoms with Gasteiger partial charge in [0.2, 0.25) is 0 Å². The molecule has 0 saturated heterocycles. The average molecular weight is 300 g/mol. The molecule has 0 saturated carbocycles. The number of rotatable bonds is 4. The van der Waals surface area contributed by atoms with E-state index in [1.807, 2.05) is 18.2 Å². The highest BCUT2D eigenvalue weighted by molar-refractivity contribution is 7.98. The molecule has 102 valence electrons. The Morgan fingerprint density at radius 1 is 1.15 bits per heavy atom. The molecule has 2 nitrogen and oxygen atoms in total. The Bertz CT molecular complexity index is 671. The summed E-state index contributed by atoms with van der Waals surface area (Å²) in [5.74, 6) is 0. The molecule has 20 heavy (non-hydrogen) atoms. The minimum atomic E-state index is -0.0347. The lowest BCUT2D eigenvalue weighted by atomic mass is 10.1. The normalized spacial score (nSPS) is 12.7. The number of nitrogens with zero attached hydrogens (tertiary/aromatic N) is 1. The van der Waals surface area contributed by atoms with Crippen LogP contribution >= 0.6 is 23.1 Å². The lowest BCUT2D eigenvalue weighted by Gasteiger charge is -2.08. The van der Waals surface area contributed by atoms with Crippen LogP contribution in [0.2, 0.25) is 0 Å². The quantitative estimate of drug-likeness (QED) is 0.732. The zero-order chi connectivity index (χ0) is 13.9. The summed E-state index contributed by atoms with van der Waals surface area (Å²) < 4.78 is 1.20. The van der Waals surface area contributed by atoms with E-state index in [0.29, 0.717) is 0 Å². The van der Waals surface area contributed by atoms with Crippen LogP contribution in [0.25, 0.3) is 10.2 Å². The number of hydrogen-bond donors (Lipinski definition) is 1. The number of benzene rings is 2. The Hall–Kier alpha value is -1.36. The van der Waals surface area contributed by atoms with Crippen molar-refractivity contribution in [3.63, 3.8) is 0 Å². The molecule has 3 rings (SSSR count). The van der Waals surface area contributed by atoms with Crippen LogP contribution in [0, 0.1) is 0 Å². The van der Waals surface area contributed by atoms with Crippen molar-refractivity contribution in [2.45, 2.75) is 17.4 Å². The van der Waals surface area contributed by atoms with Crippen molar-refractivity contribution in [1.29, 1.82) is 0 Å². The van der Waals surface area contributed by atoms with Crippen LogP contribution in [-0.4, -0.2) is 11.2 Å². The molecule has 0 radical (unpaired) electrons. The predicted molar refractivity (Wildman–Crippen MR) is 88.5 cm³/mol. The number of nitrogens with two attached hydrogens (primary N) is 1. The molecular formula is C16H16N2S2. The van der Waals surface area contributed by atoms with Gasteiger partial charge in [-0.25, -0.2) is 4.98 Å². The number of hydrogen-bond acceptors (Lipinski definition) is 4. The summed E-state index contributed by atoms with van der Waals surface area (Å²) in [7, 11) is 0. The Morgan fingerprint density at radius 2 is 1.90 bits per heavy atom. The van der Waals surface area contributed by atoms with Crippen molar-refractivity contribution >= 4 is 33.3 Å². The van der Waals surface area contributed by atoms with Gasteiger partial charge in [0.15, 0.2) is 0 Å². The second kappa shape index (κ2) is 5.95. The molecule has 2 aromatic carbocycles. The van der Waals surface area contributed by atoms with Gasteiger partial charge in [-0.2, -0.15) is 0 Å². The summed E-state index contributed by atoms with van der Waals surface area (Å²) in [6.45, 7) is 0. The largest absolute Gasteiger partial charge is 0.322 e. The van der Waals surface area contributed by atoms with E-state index in [1.165, 1.54) is 15.2 Å². The standard InChI is InChI=1S/C16H16N2S2/c1-19-12-8-6-11(7-9-12)10-13(17)16-18-14-4-2-3-5-15(14)20-16/h2-9,13H,10,17H2,1H3. The second-order valence-corrected chi connectivity index (χ2v) is 6.62. The van der Waals surface area contributed by atoms with E-state index in [9.17, 15) is 0 Å². The Labute approximate surface area is 127 Å². The maximum atomic E-state index is 6.30. The van der Waals surface area contributed by atoms with Crippen molar-refractivity contribution in [3.8, 4) is 0 Å². The van der Waals surface area contributed by atoms with Gasteiger partial charge in [0, 0.05) is 4.90 Å². The number of fused-ring (bicyclic) bond motifs is 1. The molecule has 0 amide bonds. The monoisotopic (exact) mass is 300 g/mol. The molecule has 3 aromatic rings. The van der Waals surface area contributed by atoms with Gasteiger partial charge in [-0.15, -0.1) is 23.1 Å². The molecule has 0 aliphatic carbocycles. The molecule has 1 heterocycles. The molecule has 1 atom stereocenters. The third-order valence-corrected chi connectivity index (χ3v) is 5.15. The van der Waals surface area contributed by atoms with Gasteiger partial charge in [0.1, 0.15) is 5.01 Å². The fourth-order valence-corrected chi connectivity index (χ4v) is 3.53. The lowest BCUT2D eigenvalue weighted by molar-refractivity contribution is 0.717. The fourth-order valence-electron chi connectivity index (χ4n) is 2.15. The topological polar surface area (TPSA) is 38.9 Å². The first kappa shape index (κ1) is 13.6. The summed E-state index contributed by atoms with van der Waals surface area (Å²) in [5, 5.41) is 1.01. The van der Waals surface area contributed by atoms with Gasteiger partial charge >= 0.3 is 0 Å². The number of aromatic nitrogens is 1. The Morgan fingerprint density at radius 3 is 2.60 bits per heavy atom. The predicted octanol–water partition coefficient (Wildman–Crippen LogP) is 4.26. The zero-order valence-electron chi connectivity index (χ0n) is 11.2. The summed E-state index contributed by atoms with van der Waals surface area (Å²) >= 11 is 3.45. The SMILES string of the molecule is CSc1ccc(CC(N)c2nc3ccccc3s2)cc1. The highest BCUT2D eigenvalue weighted by Gasteiger charge is 2.12.